The number of phenols is 2. The Hall–Kier alpha value is -2.49. The summed E-state index contributed by atoms with van der Waals surface area (Å²) in [4.78, 5) is 0. The van der Waals surface area contributed by atoms with Crippen molar-refractivity contribution in [2.24, 2.45) is 5.10 Å². The number of hydrogen-bond donors (Lipinski definition) is 2. The molecular formula is C16H18N2O2. The van der Waals surface area contributed by atoms with Gasteiger partial charge in [0.2, 0.25) is 0 Å². The van der Waals surface area contributed by atoms with Crippen LogP contribution in [0.1, 0.15) is 18.1 Å². The lowest BCUT2D eigenvalue weighted by Gasteiger charge is -2.17. The molecule has 0 spiro atoms. The van der Waals surface area contributed by atoms with Gasteiger partial charge in [-0.3, -0.25) is 5.01 Å². The summed E-state index contributed by atoms with van der Waals surface area (Å²) in [5.41, 5.74) is 2.66. The van der Waals surface area contributed by atoms with Gasteiger partial charge >= 0.3 is 0 Å². The lowest BCUT2D eigenvalue weighted by Crippen LogP contribution is -2.15. The largest absolute Gasteiger partial charge is 0.504 e. The number of hydrazone groups is 1. The number of para-hydroxylation sites is 1. The topological polar surface area (TPSA) is 56.1 Å². The van der Waals surface area contributed by atoms with E-state index in [-0.39, 0.29) is 11.5 Å². The van der Waals surface area contributed by atoms with Crippen LogP contribution in [0.25, 0.3) is 0 Å². The Balaban J connectivity index is 2.23. The summed E-state index contributed by atoms with van der Waals surface area (Å²) in [6.45, 7) is 4.74. The van der Waals surface area contributed by atoms with Crippen LogP contribution in [0, 0.1) is 6.92 Å². The zero-order valence-corrected chi connectivity index (χ0v) is 11.6. The van der Waals surface area contributed by atoms with Gasteiger partial charge in [-0.05, 0) is 38.1 Å². The Morgan fingerprint density at radius 3 is 2.45 bits per heavy atom. The molecule has 0 bridgehead atoms. The molecule has 0 radical (unpaired) electrons. The van der Waals surface area contributed by atoms with Crippen molar-refractivity contribution in [2.45, 2.75) is 13.8 Å². The molecule has 0 aliphatic rings. The first kappa shape index (κ1) is 13.9. The number of rotatable bonds is 4. The number of phenolic OH excluding ortho intramolecular Hbond substituents is 2. The third-order valence-electron chi connectivity index (χ3n) is 3.01. The molecule has 0 saturated heterocycles. The maximum absolute atomic E-state index is 9.73. The molecule has 2 aromatic carbocycles. The Kier molecular flexibility index (Phi) is 4.25. The van der Waals surface area contributed by atoms with E-state index >= 15 is 0 Å². The minimum absolute atomic E-state index is 0.146. The molecule has 0 unspecified atom stereocenters. The van der Waals surface area contributed by atoms with E-state index in [0.717, 1.165) is 5.69 Å². The number of aryl methyl sites for hydroxylation is 1. The highest BCUT2D eigenvalue weighted by Crippen LogP contribution is 2.27. The predicted molar refractivity (Wildman–Crippen MR) is 81.6 cm³/mol. The zero-order chi connectivity index (χ0) is 14.5. The molecule has 2 rings (SSSR count). The first-order chi connectivity index (χ1) is 9.61. The molecule has 0 amide bonds. The van der Waals surface area contributed by atoms with Crippen molar-refractivity contribution in [1.29, 1.82) is 0 Å². The highest BCUT2D eigenvalue weighted by molar-refractivity contribution is 5.85. The molecule has 0 fully saturated rings. The van der Waals surface area contributed by atoms with Crippen LogP contribution < -0.4 is 5.01 Å². The van der Waals surface area contributed by atoms with Gasteiger partial charge in [-0.2, -0.15) is 5.10 Å². The highest BCUT2D eigenvalue weighted by Gasteiger charge is 2.05. The second kappa shape index (κ2) is 6.10. The van der Waals surface area contributed by atoms with Crippen LogP contribution in [0.4, 0.5) is 5.69 Å². The van der Waals surface area contributed by atoms with E-state index in [1.54, 1.807) is 18.3 Å². The van der Waals surface area contributed by atoms with E-state index in [9.17, 15) is 10.2 Å². The van der Waals surface area contributed by atoms with E-state index in [0.29, 0.717) is 12.1 Å². The Morgan fingerprint density at radius 1 is 1.10 bits per heavy atom. The van der Waals surface area contributed by atoms with Crippen LogP contribution in [0.3, 0.4) is 0 Å². The van der Waals surface area contributed by atoms with Gasteiger partial charge in [-0.1, -0.05) is 23.8 Å². The van der Waals surface area contributed by atoms with Gasteiger partial charge in [0.15, 0.2) is 11.5 Å². The van der Waals surface area contributed by atoms with Crippen LogP contribution in [-0.4, -0.2) is 23.0 Å². The summed E-state index contributed by atoms with van der Waals surface area (Å²) in [6.07, 6.45) is 1.54. The summed E-state index contributed by atoms with van der Waals surface area (Å²) in [6, 6.07) is 12.8. The Bertz CT molecular complexity index is 606. The molecule has 2 N–H and O–H groups in total. The lowest BCUT2D eigenvalue weighted by molar-refractivity contribution is 0.403. The first-order valence-electron chi connectivity index (χ1n) is 6.51. The molecule has 0 aliphatic heterocycles. The van der Waals surface area contributed by atoms with Crippen LogP contribution in [-0.2, 0) is 0 Å². The molecular weight excluding hydrogens is 252 g/mol. The molecule has 104 valence electrons. The fraction of sp³-hybridized carbons (Fsp3) is 0.188. The molecule has 4 nitrogen and oxygen atoms in total. The number of nitrogens with zero attached hydrogens (tertiary/aromatic N) is 2. The number of hydrogen-bond acceptors (Lipinski definition) is 4. The van der Waals surface area contributed by atoms with E-state index in [2.05, 4.69) is 5.10 Å². The minimum Gasteiger partial charge on any atom is -0.504 e. The fourth-order valence-corrected chi connectivity index (χ4v) is 1.83. The Labute approximate surface area is 118 Å². The van der Waals surface area contributed by atoms with E-state index in [4.69, 9.17) is 0 Å². The molecule has 20 heavy (non-hydrogen) atoms. The van der Waals surface area contributed by atoms with Crippen molar-refractivity contribution in [2.75, 3.05) is 11.6 Å². The van der Waals surface area contributed by atoms with Gasteiger partial charge in [-0.25, -0.2) is 0 Å². The monoisotopic (exact) mass is 270 g/mol. The van der Waals surface area contributed by atoms with Crippen molar-refractivity contribution >= 4 is 11.9 Å². The van der Waals surface area contributed by atoms with Crippen LogP contribution in [0.2, 0.25) is 0 Å². The minimum atomic E-state index is -0.156. The number of anilines is 1. The summed E-state index contributed by atoms with van der Waals surface area (Å²) in [5.74, 6) is -0.302. The first-order valence-corrected chi connectivity index (χ1v) is 6.51. The Morgan fingerprint density at radius 2 is 1.80 bits per heavy atom. The van der Waals surface area contributed by atoms with Crippen LogP contribution in [0.5, 0.6) is 11.5 Å². The summed E-state index contributed by atoms with van der Waals surface area (Å²) in [7, 11) is 0. The average molecular weight is 270 g/mol. The molecule has 4 heteroatoms. The second-order valence-corrected chi connectivity index (χ2v) is 4.51. The SMILES string of the molecule is CCN(/N=C/c1cccc(O)c1O)c1ccc(C)cc1. The molecule has 0 aromatic heterocycles. The fourth-order valence-electron chi connectivity index (χ4n) is 1.83. The van der Waals surface area contributed by atoms with E-state index in [1.165, 1.54) is 11.6 Å². The number of aromatic hydroxyl groups is 2. The third kappa shape index (κ3) is 3.09. The molecule has 0 aliphatic carbocycles. The summed E-state index contributed by atoms with van der Waals surface area (Å²) < 4.78 is 0. The predicted octanol–water partition coefficient (Wildman–Crippen LogP) is 3.27. The second-order valence-electron chi connectivity index (χ2n) is 4.51. The van der Waals surface area contributed by atoms with Gasteiger partial charge in [0.25, 0.3) is 0 Å². The normalized spacial score (nSPS) is 10.9. The number of benzene rings is 2. The molecule has 0 saturated carbocycles. The zero-order valence-electron chi connectivity index (χ0n) is 11.6. The van der Waals surface area contributed by atoms with Gasteiger partial charge in [0.1, 0.15) is 0 Å². The van der Waals surface area contributed by atoms with E-state index in [1.807, 2.05) is 43.1 Å². The smallest absolute Gasteiger partial charge is 0.166 e. The van der Waals surface area contributed by atoms with Crippen molar-refractivity contribution in [3.05, 3.63) is 53.6 Å². The van der Waals surface area contributed by atoms with Crippen LogP contribution in [0.15, 0.2) is 47.6 Å². The quantitative estimate of drug-likeness (QED) is 0.509. The maximum atomic E-state index is 9.73. The molecule has 2 aromatic rings. The van der Waals surface area contributed by atoms with Crippen molar-refractivity contribution in [3.63, 3.8) is 0 Å². The summed E-state index contributed by atoms with van der Waals surface area (Å²) >= 11 is 0. The van der Waals surface area contributed by atoms with Crippen molar-refractivity contribution in [3.8, 4) is 11.5 Å². The highest BCUT2D eigenvalue weighted by atomic mass is 16.3. The summed E-state index contributed by atoms with van der Waals surface area (Å²) in [5, 5.41) is 25.3. The van der Waals surface area contributed by atoms with Gasteiger partial charge in [0.05, 0.1) is 11.9 Å². The standard InChI is InChI=1S/C16H18N2O2/c1-3-18(14-9-7-12(2)8-10-14)17-11-13-5-4-6-15(19)16(13)20/h4-11,19-20H,3H2,1-2H3/b17-11+. The van der Waals surface area contributed by atoms with Gasteiger partial charge in [-0.15, -0.1) is 0 Å². The molecule has 0 heterocycles. The van der Waals surface area contributed by atoms with Crippen LogP contribution >= 0.6 is 0 Å². The van der Waals surface area contributed by atoms with Gasteiger partial charge in [0, 0.05) is 12.1 Å². The van der Waals surface area contributed by atoms with E-state index < -0.39 is 0 Å². The molecule has 0 atom stereocenters. The average Bonchev–Trinajstić information content (AvgIpc) is 2.45. The van der Waals surface area contributed by atoms with Crippen molar-refractivity contribution in [1.82, 2.24) is 0 Å². The lowest BCUT2D eigenvalue weighted by atomic mass is 10.2. The van der Waals surface area contributed by atoms with Gasteiger partial charge < -0.3 is 10.2 Å². The maximum Gasteiger partial charge on any atom is 0.166 e. The third-order valence-corrected chi connectivity index (χ3v) is 3.01. The van der Waals surface area contributed by atoms with Crippen molar-refractivity contribution < 1.29 is 10.2 Å².